The number of aromatic nitrogens is 1. The Kier molecular flexibility index (Phi) is 6.19. The van der Waals surface area contributed by atoms with Crippen LogP contribution >= 0.6 is 34.4 Å². The van der Waals surface area contributed by atoms with Crippen LogP contribution in [0.15, 0.2) is 28.6 Å². The van der Waals surface area contributed by atoms with Crippen LogP contribution in [0.5, 0.6) is 0 Å². The fourth-order valence-corrected chi connectivity index (χ4v) is 6.41. The lowest BCUT2D eigenvalue weighted by Gasteiger charge is -2.10. The molecule has 1 aliphatic carbocycles. The SMILES string of the molecule is Cc1cc(-c2cccs2)c(C#N)c(SCC(=O)Nc2sc3c(c2C#N)CCCC3)n1. The summed E-state index contributed by atoms with van der Waals surface area (Å²) in [5.41, 5.74) is 3.85. The molecule has 0 unspecified atom stereocenters. The van der Waals surface area contributed by atoms with Gasteiger partial charge in [0.1, 0.15) is 22.2 Å². The Bertz CT molecular complexity index is 1180. The van der Waals surface area contributed by atoms with Crippen LogP contribution in [0.1, 0.15) is 40.1 Å². The largest absolute Gasteiger partial charge is 0.316 e. The second-order valence-electron chi connectivity index (χ2n) is 6.94. The van der Waals surface area contributed by atoms with E-state index in [1.807, 2.05) is 30.5 Å². The van der Waals surface area contributed by atoms with Crippen molar-refractivity contribution in [2.24, 2.45) is 0 Å². The van der Waals surface area contributed by atoms with Gasteiger partial charge in [0.15, 0.2) is 0 Å². The summed E-state index contributed by atoms with van der Waals surface area (Å²) < 4.78 is 0. The van der Waals surface area contributed by atoms with Crippen LogP contribution in [0.3, 0.4) is 0 Å². The minimum absolute atomic E-state index is 0.127. The summed E-state index contributed by atoms with van der Waals surface area (Å²) in [6, 6.07) is 10.4. The molecule has 4 rings (SSSR count). The average Bonchev–Trinajstić information content (AvgIpc) is 3.39. The monoisotopic (exact) mass is 450 g/mol. The van der Waals surface area contributed by atoms with Gasteiger partial charge in [0, 0.05) is 21.0 Å². The van der Waals surface area contributed by atoms with Gasteiger partial charge < -0.3 is 5.32 Å². The second-order valence-corrected chi connectivity index (χ2v) is 9.96. The molecule has 3 heterocycles. The number of thioether (sulfide) groups is 1. The first-order valence-electron chi connectivity index (χ1n) is 9.53. The van der Waals surface area contributed by atoms with E-state index in [1.165, 1.54) is 28.0 Å². The number of nitrogens with zero attached hydrogens (tertiary/aromatic N) is 3. The molecule has 1 aliphatic rings. The minimum atomic E-state index is -0.194. The summed E-state index contributed by atoms with van der Waals surface area (Å²) in [7, 11) is 0. The Morgan fingerprint density at radius 2 is 2.07 bits per heavy atom. The number of carbonyl (C=O) groups excluding carboxylic acids is 1. The van der Waals surface area contributed by atoms with Crippen molar-refractivity contribution in [3.05, 3.63) is 50.8 Å². The number of thiophene rings is 2. The smallest absolute Gasteiger partial charge is 0.235 e. The van der Waals surface area contributed by atoms with Crippen LogP contribution < -0.4 is 5.32 Å². The number of carbonyl (C=O) groups is 1. The number of hydrogen-bond donors (Lipinski definition) is 1. The van der Waals surface area contributed by atoms with Crippen molar-refractivity contribution in [3.63, 3.8) is 0 Å². The van der Waals surface area contributed by atoms with E-state index in [-0.39, 0.29) is 11.7 Å². The number of pyridine rings is 1. The number of hydrogen-bond acceptors (Lipinski definition) is 7. The molecule has 0 fully saturated rings. The third kappa shape index (κ3) is 4.13. The number of anilines is 1. The van der Waals surface area contributed by atoms with Crippen LogP contribution in [0, 0.1) is 29.6 Å². The number of aryl methyl sites for hydroxylation is 2. The van der Waals surface area contributed by atoms with Gasteiger partial charge in [0.25, 0.3) is 0 Å². The number of nitriles is 2. The summed E-state index contributed by atoms with van der Waals surface area (Å²) in [6.45, 7) is 1.89. The van der Waals surface area contributed by atoms with Crippen LogP contribution in [0.2, 0.25) is 0 Å². The van der Waals surface area contributed by atoms with Gasteiger partial charge in [0.2, 0.25) is 5.91 Å². The number of nitrogens with one attached hydrogen (secondary N) is 1. The molecule has 0 radical (unpaired) electrons. The van der Waals surface area contributed by atoms with Crippen molar-refractivity contribution in [1.82, 2.24) is 4.98 Å². The number of amides is 1. The molecule has 0 atom stereocenters. The molecule has 0 saturated heterocycles. The molecular formula is C22H18N4OS3. The molecule has 0 aliphatic heterocycles. The third-order valence-corrected chi connectivity index (χ3v) is 7.97. The first-order chi connectivity index (χ1) is 14.6. The van der Waals surface area contributed by atoms with Crippen molar-refractivity contribution in [3.8, 4) is 22.6 Å². The van der Waals surface area contributed by atoms with Crippen molar-refractivity contribution < 1.29 is 4.79 Å². The van der Waals surface area contributed by atoms with Crippen LogP contribution in [-0.4, -0.2) is 16.6 Å². The topological polar surface area (TPSA) is 89.6 Å². The zero-order chi connectivity index (χ0) is 21.1. The molecule has 1 amide bonds. The zero-order valence-corrected chi connectivity index (χ0v) is 18.8. The maximum atomic E-state index is 12.6. The van der Waals surface area contributed by atoms with E-state index in [2.05, 4.69) is 22.4 Å². The fraction of sp³-hybridized carbons (Fsp3) is 0.273. The standard InChI is InChI=1S/C22H18N4OS3/c1-13-9-15(18-7-4-8-28-18)17(11-24)21(25-13)29-12-20(27)26-22-16(10-23)14-5-2-3-6-19(14)30-22/h4,7-9H,2-3,5-6,12H2,1H3,(H,26,27). The minimum Gasteiger partial charge on any atom is -0.316 e. The maximum Gasteiger partial charge on any atom is 0.235 e. The van der Waals surface area contributed by atoms with Gasteiger partial charge in [-0.15, -0.1) is 22.7 Å². The average molecular weight is 451 g/mol. The van der Waals surface area contributed by atoms with Crippen LogP contribution in [0.25, 0.3) is 10.4 Å². The fourth-order valence-electron chi connectivity index (χ4n) is 3.55. The van der Waals surface area contributed by atoms with Crippen molar-refractivity contribution >= 4 is 45.3 Å². The zero-order valence-electron chi connectivity index (χ0n) is 16.3. The van der Waals surface area contributed by atoms with Gasteiger partial charge in [-0.05, 0) is 55.7 Å². The highest BCUT2D eigenvalue weighted by Gasteiger charge is 2.22. The van der Waals surface area contributed by atoms with Gasteiger partial charge in [-0.3, -0.25) is 4.79 Å². The van der Waals surface area contributed by atoms with E-state index in [4.69, 9.17) is 0 Å². The number of fused-ring (bicyclic) bond motifs is 1. The molecule has 0 saturated carbocycles. The second kappa shape index (κ2) is 9.01. The lowest BCUT2D eigenvalue weighted by atomic mass is 9.96. The summed E-state index contributed by atoms with van der Waals surface area (Å²) in [6.07, 6.45) is 4.10. The van der Waals surface area contributed by atoms with E-state index in [0.29, 0.717) is 21.2 Å². The van der Waals surface area contributed by atoms with E-state index >= 15 is 0 Å². The molecule has 150 valence electrons. The molecule has 3 aromatic rings. The summed E-state index contributed by atoms with van der Waals surface area (Å²) in [5.74, 6) is -0.0670. The van der Waals surface area contributed by atoms with E-state index < -0.39 is 0 Å². The predicted molar refractivity (Wildman–Crippen MR) is 122 cm³/mol. The molecule has 0 spiro atoms. The maximum absolute atomic E-state index is 12.6. The highest BCUT2D eigenvalue weighted by atomic mass is 32.2. The van der Waals surface area contributed by atoms with Gasteiger partial charge in [0.05, 0.1) is 16.9 Å². The van der Waals surface area contributed by atoms with Crippen LogP contribution in [0.4, 0.5) is 5.00 Å². The molecule has 0 bridgehead atoms. The Morgan fingerprint density at radius 1 is 1.27 bits per heavy atom. The molecule has 3 aromatic heterocycles. The van der Waals surface area contributed by atoms with Crippen molar-refractivity contribution in [2.75, 3.05) is 11.1 Å². The first kappa shape index (κ1) is 20.6. The summed E-state index contributed by atoms with van der Waals surface area (Å²) in [4.78, 5) is 19.3. The van der Waals surface area contributed by atoms with E-state index in [0.717, 1.165) is 47.4 Å². The van der Waals surface area contributed by atoms with Crippen molar-refractivity contribution in [2.45, 2.75) is 37.6 Å². The van der Waals surface area contributed by atoms with Gasteiger partial charge in [-0.25, -0.2) is 4.98 Å². The molecule has 0 aromatic carbocycles. The first-order valence-corrected chi connectivity index (χ1v) is 12.2. The van der Waals surface area contributed by atoms with Gasteiger partial charge in [-0.2, -0.15) is 10.5 Å². The molecule has 8 heteroatoms. The normalized spacial score (nSPS) is 12.6. The Morgan fingerprint density at radius 3 is 2.80 bits per heavy atom. The number of rotatable bonds is 5. The summed E-state index contributed by atoms with van der Waals surface area (Å²) in [5, 5.41) is 25.4. The highest BCUT2D eigenvalue weighted by Crippen LogP contribution is 2.38. The van der Waals surface area contributed by atoms with Gasteiger partial charge >= 0.3 is 0 Å². The molecule has 30 heavy (non-hydrogen) atoms. The lowest BCUT2D eigenvalue weighted by Crippen LogP contribution is -2.14. The Balaban J connectivity index is 1.52. The predicted octanol–water partition coefficient (Wildman–Crippen LogP) is 5.53. The van der Waals surface area contributed by atoms with Crippen molar-refractivity contribution in [1.29, 1.82) is 10.5 Å². The van der Waals surface area contributed by atoms with E-state index in [1.54, 1.807) is 11.3 Å². The van der Waals surface area contributed by atoms with E-state index in [9.17, 15) is 15.3 Å². The summed E-state index contributed by atoms with van der Waals surface area (Å²) >= 11 is 4.34. The lowest BCUT2D eigenvalue weighted by molar-refractivity contribution is -0.113. The van der Waals surface area contributed by atoms with Crippen LogP contribution in [-0.2, 0) is 17.6 Å². The Hall–Kier alpha value is -2.65. The Labute approximate surface area is 187 Å². The molecule has 5 nitrogen and oxygen atoms in total. The quantitative estimate of drug-likeness (QED) is 0.516. The highest BCUT2D eigenvalue weighted by molar-refractivity contribution is 8.00. The van der Waals surface area contributed by atoms with Gasteiger partial charge in [-0.1, -0.05) is 17.8 Å². The molecule has 1 N–H and O–H groups in total. The third-order valence-electron chi connectivity index (χ3n) is 4.89. The molecular weight excluding hydrogens is 432 g/mol.